The summed E-state index contributed by atoms with van der Waals surface area (Å²) in [5, 5.41) is 8.92. The Bertz CT molecular complexity index is 603. The Morgan fingerprint density at radius 2 is 1.61 bits per heavy atom. The van der Waals surface area contributed by atoms with Crippen LogP contribution in [0.25, 0.3) is 11.1 Å². The van der Waals surface area contributed by atoms with Crippen molar-refractivity contribution in [2.75, 3.05) is 0 Å². The molecule has 2 rings (SSSR count). The minimum Gasteiger partial charge on any atom is -0.478 e. The van der Waals surface area contributed by atoms with Gasteiger partial charge in [0.05, 0.1) is 0 Å². The standard InChI is InChI=1S/C13H7F3O2/c14-8-4-7(5-9(15)6-8)10-2-1-3-11(16)12(10)13(17)18/h1-6H,(H,17,18). The average molecular weight is 252 g/mol. The highest BCUT2D eigenvalue weighted by Gasteiger charge is 2.17. The molecule has 0 heterocycles. The molecule has 92 valence electrons. The van der Waals surface area contributed by atoms with Crippen LogP contribution in [0.2, 0.25) is 0 Å². The molecule has 0 radical (unpaired) electrons. The predicted octanol–water partition coefficient (Wildman–Crippen LogP) is 3.47. The minimum atomic E-state index is -1.49. The van der Waals surface area contributed by atoms with Crippen molar-refractivity contribution in [3.8, 4) is 11.1 Å². The largest absolute Gasteiger partial charge is 0.478 e. The summed E-state index contributed by atoms with van der Waals surface area (Å²) in [7, 11) is 0. The molecule has 0 amide bonds. The molecule has 0 unspecified atom stereocenters. The van der Waals surface area contributed by atoms with Gasteiger partial charge in [-0.1, -0.05) is 12.1 Å². The van der Waals surface area contributed by atoms with Gasteiger partial charge in [0.1, 0.15) is 23.0 Å². The van der Waals surface area contributed by atoms with E-state index in [1.165, 1.54) is 12.1 Å². The van der Waals surface area contributed by atoms with Crippen LogP contribution in [-0.2, 0) is 0 Å². The Morgan fingerprint density at radius 1 is 1.00 bits per heavy atom. The molecule has 0 spiro atoms. The van der Waals surface area contributed by atoms with E-state index in [-0.39, 0.29) is 11.1 Å². The molecule has 0 aliphatic rings. The van der Waals surface area contributed by atoms with Gasteiger partial charge in [-0.05, 0) is 29.3 Å². The molecule has 2 aromatic rings. The number of rotatable bonds is 2. The van der Waals surface area contributed by atoms with Gasteiger partial charge in [0, 0.05) is 6.07 Å². The van der Waals surface area contributed by atoms with Gasteiger partial charge in [0.25, 0.3) is 0 Å². The third-order valence-electron chi connectivity index (χ3n) is 2.40. The summed E-state index contributed by atoms with van der Waals surface area (Å²) in [5.74, 6) is -4.16. The first kappa shape index (κ1) is 12.2. The zero-order valence-electron chi connectivity index (χ0n) is 8.95. The van der Waals surface area contributed by atoms with E-state index in [0.717, 1.165) is 18.2 Å². The first-order valence-corrected chi connectivity index (χ1v) is 4.97. The van der Waals surface area contributed by atoms with Crippen LogP contribution in [-0.4, -0.2) is 11.1 Å². The van der Waals surface area contributed by atoms with Crippen molar-refractivity contribution in [2.24, 2.45) is 0 Å². The van der Waals surface area contributed by atoms with Crippen molar-refractivity contribution < 1.29 is 23.1 Å². The third-order valence-corrected chi connectivity index (χ3v) is 2.40. The van der Waals surface area contributed by atoms with Crippen molar-refractivity contribution in [1.29, 1.82) is 0 Å². The summed E-state index contributed by atoms with van der Waals surface area (Å²) in [6.45, 7) is 0. The number of halogens is 3. The second-order valence-electron chi connectivity index (χ2n) is 3.63. The summed E-state index contributed by atoms with van der Waals surface area (Å²) < 4.78 is 39.6. The first-order valence-electron chi connectivity index (χ1n) is 4.97. The van der Waals surface area contributed by atoms with Gasteiger partial charge in [-0.25, -0.2) is 18.0 Å². The Hall–Kier alpha value is -2.30. The maximum Gasteiger partial charge on any atom is 0.339 e. The SMILES string of the molecule is O=C(O)c1c(F)cccc1-c1cc(F)cc(F)c1. The minimum absolute atomic E-state index is 0.0237. The smallest absolute Gasteiger partial charge is 0.339 e. The third kappa shape index (κ3) is 2.20. The highest BCUT2D eigenvalue weighted by atomic mass is 19.1. The molecule has 0 aliphatic heterocycles. The number of carboxylic acid groups (broad SMARTS) is 1. The van der Waals surface area contributed by atoms with Gasteiger partial charge < -0.3 is 5.11 Å². The molecule has 0 atom stereocenters. The van der Waals surface area contributed by atoms with Gasteiger partial charge >= 0.3 is 5.97 Å². The van der Waals surface area contributed by atoms with Crippen LogP contribution in [0.4, 0.5) is 13.2 Å². The lowest BCUT2D eigenvalue weighted by Crippen LogP contribution is -2.03. The Labute approximate surface area is 100 Å². The van der Waals surface area contributed by atoms with E-state index in [2.05, 4.69) is 0 Å². The molecule has 2 aromatic carbocycles. The lowest BCUT2D eigenvalue weighted by molar-refractivity contribution is 0.0693. The van der Waals surface area contributed by atoms with E-state index in [4.69, 9.17) is 5.11 Å². The topological polar surface area (TPSA) is 37.3 Å². The van der Waals surface area contributed by atoms with Gasteiger partial charge in [-0.2, -0.15) is 0 Å². The second kappa shape index (κ2) is 4.52. The molecule has 0 aliphatic carbocycles. The van der Waals surface area contributed by atoms with E-state index < -0.39 is 29.0 Å². The Balaban J connectivity index is 2.71. The molecule has 0 saturated carbocycles. The van der Waals surface area contributed by atoms with E-state index >= 15 is 0 Å². The van der Waals surface area contributed by atoms with Crippen LogP contribution >= 0.6 is 0 Å². The lowest BCUT2D eigenvalue weighted by atomic mass is 9.99. The second-order valence-corrected chi connectivity index (χ2v) is 3.63. The fraction of sp³-hybridized carbons (Fsp3) is 0. The van der Waals surface area contributed by atoms with Crippen LogP contribution in [0.1, 0.15) is 10.4 Å². The molecule has 0 fully saturated rings. The lowest BCUT2D eigenvalue weighted by Gasteiger charge is -2.07. The number of hydrogen-bond donors (Lipinski definition) is 1. The maximum absolute atomic E-state index is 13.4. The van der Waals surface area contributed by atoms with Crippen LogP contribution in [0.15, 0.2) is 36.4 Å². The fourth-order valence-electron chi connectivity index (χ4n) is 1.69. The Kier molecular flexibility index (Phi) is 3.06. The number of carbonyl (C=O) groups is 1. The predicted molar refractivity (Wildman–Crippen MR) is 58.7 cm³/mol. The van der Waals surface area contributed by atoms with Crippen molar-refractivity contribution in [1.82, 2.24) is 0 Å². The van der Waals surface area contributed by atoms with Gasteiger partial charge in [-0.15, -0.1) is 0 Å². The molecular formula is C13H7F3O2. The first-order chi connectivity index (χ1) is 8.49. The molecule has 5 heteroatoms. The summed E-state index contributed by atoms with van der Waals surface area (Å²) in [6.07, 6.45) is 0. The number of aromatic carboxylic acids is 1. The molecule has 0 bridgehead atoms. The van der Waals surface area contributed by atoms with Gasteiger partial charge in [0.2, 0.25) is 0 Å². The number of carboxylic acids is 1. The van der Waals surface area contributed by atoms with Crippen molar-refractivity contribution in [3.63, 3.8) is 0 Å². The highest BCUT2D eigenvalue weighted by molar-refractivity contribution is 5.96. The number of hydrogen-bond acceptors (Lipinski definition) is 1. The summed E-state index contributed by atoms with van der Waals surface area (Å²) in [4.78, 5) is 11.0. The molecular weight excluding hydrogens is 245 g/mol. The van der Waals surface area contributed by atoms with Crippen LogP contribution < -0.4 is 0 Å². The summed E-state index contributed by atoms with van der Waals surface area (Å²) >= 11 is 0. The fourth-order valence-corrected chi connectivity index (χ4v) is 1.69. The average Bonchev–Trinajstić information content (AvgIpc) is 2.26. The highest BCUT2D eigenvalue weighted by Crippen LogP contribution is 2.27. The van der Waals surface area contributed by atoms with Crippen LogP contribution in [0.5, 0.6) is 0 Å². The zero-order valence-corrected chi connectivity index (χ0v) is 8.95. The quantitative estimate of drug-likeness (QED) is 0.888. The van der Waals surface area contributed by atoms with E-state index in [1.54, 1.807) is 0 Å². The van der Waals surface area contributed by atoms with E-state index in [9.17, 15) is 18.0 Å². The molecule has 1 N–H and O–H groups in total. The molecule has 18 heavy (non-hydrogen) atoms. The van der Waals surface area contributed by atoms with Crippen LogP contribution in [0, 0.1) is 17.5 Å². The molecule has 0 aromatic heterocycles. The number of benzene rings is 2. The maximum atomic E-state index is 13.4. The van der Waals surface area contributed by atoms with E-state index in [1.807, 2.05) is 0 Å². The molecule has 0 saturated heterocycles. The van der Waals surface area contributed by atoms with Crippen molar-refractivity contribution in [2.45, 2.75) is 0 Å². The Morgan fingerprint density at radius 3 is 2.17 bits per heavy atom. The molecule has 2 nitrogen and oxygen atoms in total. The normalized spacial score (nSPS) is 10.4. The van der Waals surface area contributed by atoms with Gasteiger partial charge in [0.15, 0.2) is 0 Å². The zero-order chi connectivity index (χ0) is 13.3. The van der Waals surface area contributed by atoms with Crippen molar-refractivity contribution in [3.05, 3.63) is 59.4 Å². The summed E-state index contributed by atoms with van der Waals surface area (Å²) in [5.41, 5.74) is -0.701. The van der Waals surface area contributed by atoms with Crippen molar-refractivity contribution >= 4 is 5.97 Å². The van der Waals surface area contributed by atoms with Crippen LogP contribution in [0.3, 0.4) is 0 Å². The monoisotopic (exact) mass is 252 g/mol. The summed E-state index contributed by atoms with van der Waals surface area (Å²) in [6, 6.07) is 6.10. The van der Waals surface area contributed by atoms with E-state index in [0.29, 0.717) is 6.07 Å². The van der Waals surface area contributed by atoms with Gasteiger partial charge in [-0.3, -0.25) is 0 Å².